The molecule has 0 unspecified atom stereocenters. The summed E-state index contributed by atoms with van der Waals surface area (Å²) in [6.45, 7) is 5.36. The monoisotopic (exact) mass is 143 g/mol. The molecular weight excluding hydrogens is 126 g/mol. The van der Waals surface area contributed by atoms with Gasteiger partial charge in [0.1, 0.15) is 6.23 Å². The lowest BCUT2D eigenvalue weighted by Gasteiger charge is -2.37. The standard InChI is InChI=1S/C8H17NO/c1-4-8-9(3)7(2)5-6-10-8/h7-8H,4-6H2,1-3H3/t7-,8+/m1/s1. The zero-order valence-corrected chi connectivity index (χ0v) is 7.13. The average molecular weight is 143 g/mol. The number of nitrogens with zero attached hydrogens (tertiary/aromatic N) is 1. The van der Waals surface area contributed by atoms with Crippen molar-refractivity contribution in [2.75, 3.05) is 13.7 Å². The lowest BCUT2D eigenvalue weighted by molar-refractivity contribution is -0.107. The quantitative estimate of drug-likeness (QED) is 0.551. The van der Waals surface area contributed by atoms with Crippen molar-refractivity contribution < 1.29 is 4.74 Å². The third-order valence-electron chi connectivity index (χ3n) is 2.34. The highest BCUT2D eigenvalue weighted by Gasteiger charge is 2.22. The first-order valence-electron chi connectivity index (χ1n) is 4.09. The minimum atomic E-state index is 0.365. The molecule has 0 saturated carbocycles. The summed E-state index contributed by atoms with van der Waals surface area (Å²) in [4.78, 5) is 2.31. The maximum Gasteiger partial charge on any atom is 0.110 e. The van der Waals surface area contributed by atoms with Crippen LogP contribution in [0.2, 0.25) is 0 Å². The predicted octanol–water partition coefficient (Wildman–Crippen LogP) is 1.46. The predicted molar refractivity (Wildman–Crippen MR) is 41.9 cm³/mol. The van der Waals surface area contributed by atoms with E-state index < -0.39 is 0 Å². The molecule has 2 heteroatoms. The highest BCUT2D eigenvalue weighted by Crippen LogP contribution is 2.16. The number of rotatable bonds is 1. The Morgan fingerprint density at radius 2 is 2.30 bits per heavy atom. The zero-order valence-electron chi connectivity index (χ0n) is 7.13. The molecule has 10 heavy (non-hydrogen) atoms. The van der Waals surface area contributed by atoms with Gasteiger partial charge in [-0.25, -0.2) is 0 Å². The fourth-order valence-corrected chi connectivity index (χ4v) is 1.39. The van der Waals surface area contributed by atoms with E-state index in [2.05, 4.69) is 25.8 Å². The number of hydrogen-bond acceptors (Lipinski definition) is 2. The van der Waals surface area contributed by atoms with Gasteiger partial charge in [0, 0.05) is 6.04 Å². The number of ether oxygens (including phenoxy) is 1. The van der Waals surface area contributed by atoms with Crippen LogP contribution in [0.1, 0.15) is 26.7 Å². The Hall–Kier alpha value is -0.0800. The Balaban J connectivity index is 2.42. The molecule has 60 valence electrons. The van der Waals surface area contributed by atoms with Gasteiger partial charge < -0.3 is 4.74 Å². The third kappa shape index (κ3) is 1.50. The lowest BCUT2D eigenvalue weighted by Crippen LogP contribution is -2.45. The molecule has 2 atom stereocenters. The molecule has 0 aliphatic carbocycles. The third-order valence-corrected chi connectivity index (χ3v) is 2.34. The van der Waals surface area contributed by atoms with Crippen LogP contribution >= 0.6 is 0 Å². The van der Waals surface area contributed by atoms with E-state index in [1.807, 2.05) is 0 Å². The van der Waals surface area contributed by atoms with Crippen molar-refractivity contribution in [2.45, 2.75) is 39.0 Å². The summed E-state index contributed by atoms with van der Waals surface area (Å²) in [7, 11) is 2.14. The van der Waals surface area contributed by atoms with Crippen LogP contribution in [0.25, 0.3) is 0 Å². The van der Waals surface area contributed by atoms with Crippen LogP contribution in [0.15, 0.2) is 0 Å². The van der Waals surface area contributed by atoms with E-state index in [1.165, 1.54) is 6.42 Å². The lowest BCUT2D eigenvalue weighted by atomic mass is 10.1. The van der Waals surface area contributed by atoms with E-state index in [0.717, 1.165) is 13.0 Å². The van der Waals surface area contributed by atoms with E-state index in [1.54, 1.807) is 0 Å². The molecule has 0 radical (unpaired) electrons. The molecule has 0 N–H and O–H groups in total. The van der Waals surface area contributed by atoms with Crippen molar-refractivity contribution in [2.24, 2.45) is 0 Å². The molecule has 1 heterocycles. The highest BCUT2D eigenvalue weighted by molar-refractivity contribution is 4.70. The minimum absolute atomic E-state index is 0.365. The molecule has 0 aromatic heterocycles. The smallest absolute Gasteiger partial charge is 0.110 e. The number of hydrogen-bond donors (Lipinski definition) is 0. The van der Waals surface area contributed by atoms with E-state index in [9.17, 15) is 0 Å². The van der Waals surface area contributed by atoms with Gasteiger partial charge in [0.25, 0.3) is 0 Å². The Morgan fingerprint density at radius 1 is 1.60 bits per heavy atom. The molecular formula is C8H17NO. The molecule has 0 spiro atoms. The van der Waals surface area contributed by atoms with Crippen molar-refractivity contribution in [1.29, 1.82) is 0 Å². The van der Waals surface area contributed by atoms with E-state index in [-0.39, 0.29) is 0 Å². The minimum Gasteiger partial charge on any atom is -0.363 e. The average Bonchev–Trinajstić information content (AvgIpc) is 1.95. The van der Waals surface area contributed by atoms with Crippen LogP contribution in [0, 0.1) is 0 Å². The Kier molecular flexibility index (Phi) is 2.69. The van der Waals surface area contributed by atoms with Gasteiger partial charge in [0.2, 0.25) is 0 Å². The molecule has 0 bridgehead atoms. The molecule has 2 nitrogen and oxygen atoms in total. The molecule has 1 aliphatic rings. The van der Waals surface area contributed by atoms with Crippen molar-refractivity contribution >= 4 is 0 Å². The molecule has 1 rings (SSSR count). The first kappa shape index (κ1) is 8.02. The van der Waals surface area contributed by atoms with Gasteiger partial charge in [0.15, 0.2) is 0 Å². The second-order valence-corrected chi connectivity index (χ2v) is 3.04. The Bertz CT molecular complexity index is 105. The zero-order chi connectivity index (χ0) is 7.56. The van der Waals surface area contributed by atoms with Gasteiger partial charge in [-0.05, 0) is 26.8 Å². The SMILES string of the molecule is CC[C@@H]1OCC[C@@H](C)N1C. The van der Waals surface area contributed by atoms with Gasteiger partial charge >= 0.3 is 0 Å². The summed E-state index contributed by atoms with van der Waals surface area (Å²) >= 11 is 0. The topological polar surface area (TPSA) is 12.5 Å². The first-order valence-corrected chi connectivity index (χ1v) is 4.09. The fraction of sp³-hybridized carbons (Fsp3) is 1.00. The second-order valence-electron chi connectivity index (χ2n) is 3.04. The summed E-state index contributed by atoms with van der Waals surface area (Å²) in [6, 6.07) is 0.693. The maximum absolute atomic E-state index is 5.54. The molecule has 0 aromatic carbocycles. The van der Waals surface area contributed by atoms with Gasteiger partial charge in [-0.3, -0.25) is 4.90 Å². The molecule has 1 saturated heterocycles. The van der Waals surface area contributed by atoms with Crippen molar-refractivity contribution in [3.05, 3.63) is 0 Å². The molecule has 1 aliphatic heterocycles. The second kappa shape index (κ2) is 3.35. The molecule has 0 amide bonds. The van der Waals surface area contributed by atoms with Crippen LogP contribution in [0.3, 0.4) is 0 Å². The summed E-state index contributed by atoms with van der Waals surface area (Å²) in [5, 5.41) is 0. The normalized spacial score (nSPS) is 36.3. The highest BCUT2D eigenvalue weighted by atomic mass is 16.5. The largest absolute Gasteiger partial charge is 0.363 e. The van der Waals surface area contributed by atoms with Crippen molar-refractivity contribution in [3.8, 4) is 0 Å². The summed E-state index contributed by atoms with van der Waals surface area (Å²) in [5.74, 6) is 0. The van der Waals surface area contributed by atoms with Crippen LogP contribution in [-0.2, 0) is 4.74 Å². The fourth-order valence-electron chi connectivity index (χ4n) is 1.39. The Labute approximate surface area is 63.2 Å². The van der Waals surface area contributed by atoms with Gasteiger partial charge in [-0.15, -0.1) is 0 Å². The molecule has 0 aromatic rings. The molecule has 1 fully saturated rings. The van der Waals surface area contributed by atoms with Gasteiger partial charge in [0.05, 0.1) is 6.61 Å². The first-order chi connectivity index (χ1) is 4.75. The Morgan fingerprint density at radius 3 is 2.80 bits per heavy atom. The summed E-state index contributed by atoms with van der Waals surface area (Å²) in [5.41, 5.74) is 0. The van der Waals surface area contributed by atoms with E-state index in [0.29, 0.717) is 12.3 Å². The maximum atomic E-state index is 5.54. The van der Waals surface area contributed by atoms with Gasteiger partial charge in [-0.1, -0.05) is 6.92 Å². The van der Waals surface area contributed by atoms with Crippen LogP contribution < -0.4 is 0 Å². The van der Waals surface area contributed by atoms with E-state index in [4.69, 9.17) is 4.74 Å². The van der Waals surface area contributed by atoms with Crippen LogP contribution in [0.4, 0.5) is 0 Å². The van der Waals surface area contributed by atoms with Crippen molar-refractivity contribution in [3.63, 3.8) is 0 Å². The van der Waals surface area contributed by atoms with Crippen LogP contribution in [0.5, 0.6) is 0 Å². The van der Waals surface area contributed by atoms with Crippen molar-refractivity contribution in [1.82, 2.24) is 4.90 Å². The summed E-state index contributed by atoms with van der Waals surface area (Å²) in [6.07, 6.45) is 2.64. The van der Waals surface area contributed by atoms with E-state index >= 15 is 0 Å². The summed E-state index contributed by atoms with van der Waals surface area (Å²) < 4.78 is 5.54. The van der Waals surface area contributed by atoms with Crippen LogP contribution in [-0.4, -0.2) is 30.8 Å². The van der Waals surface area contributed by atoms with Gasteiger partial charge in [-0.2, -0.15) is 0 Å².